The largest absolute Gasteiger partial charge is 0.292 e. The van der Waals surface area contributed by atoms with Crippen molar-refractivity contribution in [2.45, 2.75) is 12.3 Å². The van der Waals surface area contributed by atoms with Crippen molar-refractivity contribution in [1.29, 1.82) is 0 Å². The maximum Gasteiger partial charge on any atom is 0.145 e. The molecule has 10 rings (SSSR count). The molecule has 0 amide bonds. The van der Waals surface area contributed by atoms with Crippen molar-refractivity contribution in [2.75, 3.05) is 0 Å². The van der Waals surface area contributed by atoms with Crippen LogP contribution in [-0.4, -0.2) is 15.3 Å². The molecule has 8 aromatic rings. The van der Waals surface area contributed by atoms with Gasteiger partial charge in [-0.2, -0.15) is 0 Å². The van der Waals surface area contributed by atoms with Crippen LogP contribution in [0.1, 0.15) is 22.6 Å². The van der Waals surface area contributed by atoms with Gasteiger partial charge < -0.3 is 0 Å². The summed E-state index contributed by atoms with van der Waals surface area (Å²) in [5.74, 6) is 1.15. The molecule has 3 heteroatoms. The lowest BCUT2D eigenvalue weighted by Gasteiger charge is -2.15. The van der Waals surface area contributed by atoms with Crippen LogP contribution in [0.25, 0.3) is 61.8 Å². The molecule has 0 radical (unpaired) electrons. The topological polar surface area (TPSA) is 30.2 Å². The molecule has 1 atom stereocenters. The number of aromatic nitrogens is 2. The molecule has 0 N–H and O–H groups in total. The zero-order chi connectivity index (χ0) is 33.7. The second-order valence-electron chi connectivity index (χ2n) is 13.3. The Hall–Kier alpha value is -6.58. The van der Waals surface area contributed by atoms with Gasteiger partial charge in [0.1, 0.15) is 5.82 Å². The number of hydrogen-bond donors (Lipinski definition) is 0. The monoisotopic (exact) mass is 651 g/mol. The molecule has 240 valence electrons. The molecule has 0 saturated carbocycles. The number of fused-ring (bicyclic) bond motifs is 7. The van der Waals surface area contributed by atoms with Crippen molar-refractivity contribution in [3.05, 3.63) is 199 Å². The summed E-state index contributed by atoms with van der Waals surface area (Å²) in [5.41, 5.74) is 17.5. The lowest BCUT2D eigenvalue weighted by atomic mass is 9.87. The Balaban J connectivity index is 1.11. The van der Waals surface area contributed by atoms with Gasteiger partial charge in [-0.3, -0.25) is 9.56 Å². The fourth-order valence-electron chi connectivity index (χ4n) is 7.96. The Morgan fingerprint density at radius 2 is 1.10 bits per heavy atom. The smallest absolute Gasteiger partial charge is 0.145 e. The summed E-state index contributed by atoms with van der Waals surface area (Å²) < 4.78 is 2.31. The van der Waals surface area contributed by atoms with Crippen LogP contribution >= 0.6 is 0 Å². The Morgan fingerprint density at radius 1 is 0.471 bits per heavy atom. The van der Waals surface area contributed by atoms with Crippen LogP contribution in [0.2, 0.25) is 0 Å². The lowest BCUT2D eigenvalue weighted by Crippen LogP contribution is -2.11. The second-order valence-corrected chi connectivity index (χ2v) is 13.3. The number of imidazole rings is 1. The molecular weight excluding hydrogens is 619 g/mol. The molecule has 0 saturated heterocycles. The second kappa shape index (κ2) is 12.1. The normalized spacial score (nSPS) is 14.1. The van der Waals surface area contributed by atoms with E-state index in [4.69, 9.17) is 9.98 Å². The minimum Gasteiger partial charge on any atom is -0.292 e. The van der Waals surface area contributed by atoms with E-state index >= 15 is 0 Å². The van der Waals surface area contributed by atoms with Crippen molar-refractivity contribution in [2.24, 2.45) is 4.99 Å². The van der Waals surface area contributed by atoms with Gasteiger partial charge in [-0.25, -0.2) is 4.98 Å². The van der Waals surface area contributed by atoms with Gasteiger partial charge in [0, 0.05) is 33.9 Å². The minimum atomic E-state index is 0.246. The molecular formula is C48H33N3. The van der Waals surface area contributed by atoms with Crippen molar-refractivity contribution in [3.63, 3.8) is 0 Å². The van der Waals surface area contributed by atoms with Crippen LogP contribution in [0.3, 0.4) is 0 Å². The van der Waals surface area contributed by atoms with Gasteiger partial charge in [0.15, 0.2) is 0 Å². The van der Waals surface area contributed by atoms with Gasteiger partial charge in [-0.1, -0.05) is 158 Å². The Kier molecular flexibility index (Phi) is 6.95. The number of para-hydroxylation sites is 2. The van der Waals surface area contributed by atoms with Crippen LogP contribution in [0.15, 0.2) is 187 Å². The Bertz CT molecular complexity index is 2580. The SMILES string of the molecule is c1ccc(-c2nc(-c3ccc(-c4ccc5c(c4)C4=Nc6ccccc6[C@@H]4Cc4ccccc4-5)cc3)n(-c3ccccc3)c2-c2ccccc2)cc1. The van der Waals surface area contributed by atoms with Crippen LogP contribution in [0.4, 0.5) is 5.69 Å². The maximum atomic E-state index is 5.40. The van der Waals surface area contributed by atoms with Gasteiger partial charge in [-0.15, -0.1) is 0 Å². The third-order valence-electron chi connectivity index (χ3n) is 10.4. The molecule has 2 aliphatic rings. The first kappa shape index (κ1) is 29.3. The predicted octanol–water partition coefficient (Wildman–Crippen LogP) is 12.0. The number of hydrogen-bond acceptors (Lipinski definition) is 2. The maximum absolute atomic E-state index is 5.40. The molecule has 2 heterocycles. The molecule has 0 bridgehead atoms. The molecule has 0 unspecified atom stereocenters. The minimum absolute atomic E-state index is 0.246. The highest BCUT2D eigenvalue weighted by Crippen LogP contribution is 2.46. The molecule has 1 aliphatic heterocycles. The first-order chi connectivity index (χ1) is 25.3. The summed E-state index contributed by atoms with van der Waals surface area (Å²) in [6.07, 6.45) is 0.953. The molecule has 0 fully saturated rings. The highest BCUT2D eigenvalue weighted by molar-refractivity contribution is 6.15. The van der Waals surface area contributed by atoms with Crippen molar-refractivity contribution in [3.8, 4) is 61.8 Å². The van der Waals surface area contributed by atoms with Crippen molar-refractivity contribution >= 4 is 11.4 Å². The average Bonchev–Trinajstić information content (AvgIpc) is 3.75. The third kappa shape index (κ3) is 4.97. The van der Waals surface area contributed by atoms with Crippen LogP contribution in [0, 0.1) is 0 Å². The van der Waals surface area contributed by atoms with Crippen LogP contribution in [-0.2, 0) is 6.42 Å². The van der Waals surface area contributed by atoms with E-state index in [0.717, 1.165) is 57.3 Å². The third-order valence-corrected chi connectivity index (χ3v) is 10.4. The first-order valence-electron chi connectivity index (χ1n) is 17.6. The molecule has 0 spiro atoms. The number of benzene rings is 7. The molecule has 7 aromatic carbocycles. The van der Waals surface area contributed by atoms with E-state index in [9.17, 15) is 0 Å². The molecule has 1 aromatic heterocycles. The zero-order valence-electron chi connectivity index (χ0n) is 27.9. The fourth-order valence-corrected chi connectivity index (χ4v) is 7.96. The Morgan fingerprint density at radius 3 is 1.88 bits per heavy atom. The van der Waals surface area contributed by atoms with E-state index in [2.05, 4.69) is 187 Å². The van der Waals surface area contributed by atoms with E-state index in [1.165, 1.54) is 39.1 Å². The zero-order valence-corrected chi connectivity index (χ0v) is 27.9. The first-order valence-corrected chi connectivity index (χ1v) is 17.6. The Labute approximate surface area is 297 Å². The van der Waals surface area contributed by atoms with Gasteiger partial charge in [0.25, 0.3) is 0 Å². The molecule has 1 aliphatic carbocycles. The van der Waals surface area contributed by atoms with Crippen molar-refractivity contribution in [1.82, 2.24) is 9.55 Å². The summed E-state index contributed by atoms with van der Waals surface area (Å²) >= 11 is 0. The van der Waals surface area contributed by atoms with E-state index in [1.54, 1.807) is 0 Å². The number of nitrogens with zero attached hydrogens (tertiary/aromatic N) is 3. The summed E-state index contributed by atoms with van der Waals surface area (Å²) in [6, 6.07) is 65.0. The molecule has 3 nitrogen and oxygen atoms in total. The molecule has 51 heavy (non-hydrogen) atoms. The van der Waals surface area contributed by atoms with Crippen LogP contribution in [0.5, 0.6) is 0 Å². The lowest BCUT2D eigenvalue weighted by molar-refractivity contribution is 0.905. The van der Waals surface area contributed by atoms with E-state index in [1.807, 2.05) is 0 Å². The van der Waals surface area contributed by atoms with Gasteiger partial charge in [0.05, 0.1) is 22.8 Å². The highest BCUT2D eigenvalue weighted by Gasteiger charge is 2.33. The highest BCUT2D eigenvalue weighted by atomic mass is 15.1. The fraction of sp³-hybridized carbons (Fsp3) is 0.0417. The van der Waals surface area contributed by atoms with Crippen LogP contribution < -0.4 is 0 Å². The summed E-state index contributed by atoms with van der Waals surface area (Å²) in [4.78, 5) is 10.6. The average molecular weight is 652 g/mol. The quantitative estimate of drug-likeness (QED) is 0.182. The summed E-state index contributed by atoms with van der Waals surface area (Å²) in [6.45, 7) is 0. The van der Waals surface area contributed by atoms with Gasteiger partial charge in [0.2, 0.25) is 0 Å². The van der Waals surface area contributed by atoms with E-state index in [0.29, 0.717) is 0 Å². The van der Waals surface area contributed by atoms with E-state index in [-0.39, 0.29) is 5.92 Å². The van der Waals surface area contributed by atoms with Gasteiger partial charge >= 0.3 is 0 Å². The summed E-state index contributed by atoms with van der Waals surface area (Å²) in [7, 11) is 0. The van der Waals surface area contributed by atoms with Crippen molar-refractivity contribution < 1.29 is 0 Å². The van der Waals surface area contributed by atoms with Gasteiger partial charge in [-0.05, 0) is 64.1 Å². The number of aliphatic imine (C=N–C) groups is 1. The van der Waals surface area contributed by atoms with E-state index < -0.39 is 0 Å². The summed E-state index contributed by atoms with van der Waals surface area (Å²) in [5, 5.41) is 0. The predicted molar refractivity (Wildman–Crippen MR) is 210 cm³/mol. The number of rotatable bonds is 5. The standard InChI is InChI=1S/C48H33N3/c1-4-14-33(15-5-1)45-47(34-16-6-2-7-17-34)51(38-19-8-3-9-20-38)48(50-45)35-26-24-32(25-27-35)36-28-29-40-39-21-11-10-18-37(39)31-43-41-22-12-13-23-44(41)49-46(43)42(40)30-36/h1-30,43H,31H2/t43-/m0/s1.